The lowest BCUT2D eigenvalue weighted by atomic mass is 9.47. The Balaban J connectivity index is 2.07. The summed E-state index contributed by atoms with van der Waals surface area (Å²) in [5.41, 5.74) is 5.48. The second-order valence-corrected chi connectivity index (χ2v) is 6.43. The van der Waals surface area contributed by atoms with Crippen molar-refractivity contribution in [2.24, 2.45) is 17.1 Å². The summed E-state index contributed by atoms with van der Waals surface area (Å²) in [4.78, 5) is 14.5. The third-order valence-electron chi connectivity index (χ3n) is 5.06. The number of fused-ring (bicyclic) bond motifs is 1. The van der Waals surface area contributed by atoms with E-state index in [4.69, 9.17) is 10.5 Å². The number of rotatable bonds is 5. The van der Waals surface area contributed by atoms with Crippen LogP contribution in [0, 0.1) is 11.3 Å². The van der Waals surface area contributed by atoms with Gasteiger partial charge >= 0.3 is 0 Å². The van der Waals surface area contributed by atoms with Crippen LogP contribution in [0.15, 0.2) is 12.7 Å². The molecule has 0 spiro atoms. The Labute approximate surface area is 116 Å². The third kappa shape index (κ3) is 1.93. The zero-order chi connectivity index (χ0) is 14.3. The Morgan fingerprint density at radius 2 is 2.26 bits per heavy atom. The maximum atomic E-state index is 12.7. The van der Waals surface area contributed by atoms with Crippen molar-refractivity contribution in [2.75, 3.05) is 20.2 Å². The van der Waals surface area contributed by atoms with Crippen molar-refractivity contribution in [1.82, 2.24) is 4.90 Å². The molecule has 1 aliphatic carbocycles. The molecule has 0 aromatic rings. The molecule has 4 heteroatoms. The van der Waals surface area contributed by atoms with E-state index in [2.05, 4.69) is 20.4 Å². The number of nitrogens with two attached hydrogens (primary N) is 1. The fourth-order valence-corrected chi connectivity index (χ4v) is 3.71. The van der Waals surface area contributed by atoms with Gasteiger partial charge in [0.15, 0.2) is 0 Å². The van der Waals surface area contributed by atoms with Crippen molar-refractivity contribution in [1.29, 1.82) is 0 Å². The number of carbonyl (C=O) groups is 1. The molecule has 0 aromatic carbocycles. The van der Waals surface area contributed by atoms with Gasteiger partial charge in [0.25, 0.3) is 0 Å². The average Bonchev–Trinajstić information content (AvgIpc) is 2.85. The fraction of sp³-hybridized carbons (Fsp3) is 0.800. The number of unbranched alkanes of at least 4 members (excludes halogenated alkanes) is 1. The zero-order valence-electron chi connectivity index (χ0n) is 12.3. The third-order valence-corrected chi connectivity index (χ3v) is 5.06. The summed E-state index contributed by atoms with van der Waals surface area (Å²) in [5, 5.41) is 0. The molecule has 1 heterocycles. The summed E-state index contributed by atoms with van der Waals surface area (Å²) in [5.74, 6) is 0.241. The lowest BCUT2D eigenvalue weighted by Gasteiger charge is -2.61. The van der Waals surface area contributed by atoms with Gasteiger partial charge in [0, 0.05) is 31.5 Å². The first kappa shape index (κ1) is 14.5. The van der Waals surface area contributed by atoms with E-state index >= 15 is 0 Å². The molecule has 0 radical (unpaired) electrons. The van der Waals surface area contributed by atoms with Gasteiger partial charge in [-0.05, 0) is 19.3 Å². The lowest BCUT2D eigenvalue weighted by Crippen LogP contribution is -2.80. The van der Waals surface area contributed by atoms with E-state index in [-0.39, 0.29) is 23.3 Å². The molecular formula is C15H26N2O2. The minimum atomic E-state index is -0.767. The van der Waals surface area contributed by atoms with E-state index in [1.807, 2.05) is 13.1 Å². The molecule has 1 saturated carbocycles. The SMILES string of the molecule is C=CCCCN(C)C(=O)C1(N)C2CCOC2C1(C)C. The molecule has 0 aromatic heterocycles. The number of ether oxygens (including phenoxy) is 1. The molecular weight excluding hydrogens is 240 g/mol. The summed E-state index contributed by atoms with van der Waals surface area (Å²) in [7, 11) is 1.85. The molecule has 1 amide bonds. The van der Waals surface area contributed by atoms with Crippen LogP contribution in [0.3, 0.4) is 0 Å². The number of amides is 1. The lowest BCUT2D eigenvalue weighted by molar-refractivity contribution is -0.183. The Bertz CT molecular complexity index is 380. The van der Waals surface area contributed by atoms with Crippen molar-refractivity contribution in [3.8, 4) is 0 Å². The second-order valence-electron chi connectivity index (χ2n) is 6.43. The van der Waals surface area contributed by atoms with Crippen LogP contribution in [0.4, 0.5) is 0 Å². The van der Waals surface area contributed by atoms with E-state index in [0.29, 0.717) is 0 Å². The molecule has 3 atom stereocenters. The maximum absolute atomic E-state index is 12.7. The summed E-state index contributed by atoms with van der Waals surface area (Å²) in [6.45, 7) is 9.26. The molecule has 1 aliphatic heterocycles. The largest absolute Gasteiger partial charge is 0.377 e. The van der Waals surface area contributed by atoms with Gasteiger partial charge in [-0.25, -0.2) is 0 Å². The van der Waals surface area contributed by atoms with Crippen molar-refractivity contribution >= 4 is 5.91 Å². The second kappa shape index (κ2) is 4.91. The van der Waals surface area contributed by atoms with Crippen LogP contribution in [-0.2, 0) is 9.53 Å². The summed E-state index contributed by atoms with van der Waals surface area (Å²) in [6, 6.07) is 0. The monoisotopic (exact) mass is 266 g/mol. The first-order valence-electron chi connectivity index (χ1n) is 7.14. The smallest absolute Gasteiger partial charge is 0.243 e. The van der Waals surface area contributed by atoms with Crippen LogP contribution >= 0.6 is 0 Å². The predicted octanol–water partition coefficient (Wildman–Crippen LogP) is 1.55. The maximum Gasteiger partial charge on any atom is 0.243 e. The van der Waals surface area contributed by atoms with E-state index in [1.165, 1.54) is 0 Å². The number of carbonyl (C=O) groups excluding carboxylic acids is 1. The van der Waals surface area contributed by atoms with Gasteiger partial charge in [0.2, 0.25) is 5.91 Å². The van der Waals surface area contributed by atoms with Crippen LogP contribution < -0.4 is 5.73 Å². The van der Waals surface area contributed by atoms with Gasteiger partial charge in [0.05, 0.1) is 6.10 Å². The topological polar surface area (TPSA) is 55.6 Å². The van der Waals surface area contributed by atoms with Crippen LogP contribution in [0.5, 0.6) is 0 Å². The molecule has 2 N–H and O–H groups in total. The van der Waals surface area contributed by atoms with Gasteiger partial charge in [-0.2, -0.15) is 0 Å². The minimum Gasteiger partial charge on any atom is -0.377 e. The van der Waals surface area contributed by atoms with E-state index < -0.39 is 5.54 Å². The summed E-state index contributed by atoms with van der Waals surface area (Å²) < 4.78 is 5.73. The normalized spacial score (nSPS) is 35.4. The highest BCUT2D eigenvalue weighted by atomic mass is 16.5. The Morgan fingerprint density at radius 1 is 1.58 bits per heavy atom. The van der Waals surface area contributed by atoms with Gasteiger partial charge in [0.1, 0.15) is 5.54 Å². The Kier molecular flexibility index (Phi) is 3.76. The first-order chi connectivity index (χ1) is 8.87. The predicted molar refractivity (Wildman–Crippen MR) is 75.6 cm³/mol. The van der Waals surface area contributed by atoms with Crippen LogP contribution in [0.25, 0.3) is 0 Å². The highest BCUT2D eigenvalue weighted by Gasteiger charge is 2.71. The molecule has 19 heavy (non-hydrogen) atoms. The standard InChI is InChI=1S/C15H26N2O2/c1-5-6-7-9-17(4)13(18)15(16)11-8-10-19-12(11)14(15,2)3/h5,11-12H,1,6-10,16H2,2-4H3. The van der Waals surface area contributed by atoms with Crippen LogP contribution in [0.1, 0.15) is 33.1 Å². The Hall–Kier alpha value is -0.870. The molecule has 4 nitrogen and oxygen atoms in total. The molecule has 108 valence electrons. The number of allylic oxidation sites excluding steroid dienone is 1. The summed E-state index contributed by atoms with van der Waals surface area (Å²) >= 11 is 0. The van der Waals surface area contributed by atoms with Crippen LogP contribution in [0.2, 0.25) is 0 Å². The molecule has 0 bridgehead atoms. The molecule has 1 saturated heterocycles. The average molecular weight is 266 g/mol. The van der Waals surface area contributed by atoms with E-state index in [0.717, 1.165) is 32.4 Å². The van der Waals surface area contributed by atoms with Crippen molar-refractivity contribution in [2.45, 2.75) is 44.8 Å². The van der Waals surface area contributed by atoms with E-state index in [1.54, 1.807) is 4.90 Å². The number of likely N-dealkylation sites (N-methyl/N-ethyl adjacent to an activating group) is 1. The summed E-state index contributed by atoms with van der Waals surface area (Å²) in [6.07, 6.45) is 4.78. The number of hydrogen-bond donors (Lipinski definition) is 1. The van der Waals surface area contributed by atoms with Gasteiger partial charge in [-0.1, -0.05) is 19.9 Å². The Morgan fingerprint density at radius 3 is 2.89 bits per heavy atom. The molecule has 2 aliphatic rings. The highest BCUT2D eigenvalue weighted by Crippen LogP contribution is 2.58. The van der Waals surface area contributed by atoms with Crippen molar-refractivity contribution < 1.29 is 9.53 Å². The minimum absolute atomic E-state index is 0.0633. The quantitative estimate of drug-likeness (QED) is 0.607. The van der Waals surface area contributed by atoms with Gasteiger partial charge in [-0.15, -0.1) is 6.58 Å². The zero-order valence-corrected chi connectivity index (χ0v) is 12.3. The highest BCUT2D eigenvalue weighted by molar-refractivity contribution is 5.89. The van der Waals surface area contributed by atoms with Gasteiger partial charge in [-0.3, -0.25) is 4.79 Å². The van der Waals surface area contributed by atoms with Crippen LogP contribution in [-0.4, -0.2) is 42.6 Å². The fourth-order valence-electron chi connectivity index (χ4n) is 3.71. The molecule has 3 unspecified atom stereocenters. The molecule has 2 rings (SSSR count). The van der Waals surface area contributed by atoms with Crippen molar-refractivity contribution in [3.05, 3.63) is 12.7 Å². The van der Waals surface area contributed by atoms with Crippen molar-refractivity contribution in [3.63, 3.8) is 0 Å². The number of nitrogens with zero attached hydrogens (tertiary/aromatic N) is 1. The number of hydrogen-bond acceptors (Lipinski definition) is 3. The van der Waals surface area contributed by atoms with Gasteiger partial charge < -0.3 is 15.4 Å². The molecule has 2 fully saturated rings. The van der Waals surface area contributed by atoms with E-state index in [9.17, 15) is 4.79 Å². The first-order valence-corrected chi connectivity index (χ1v) is 7.14.